The summed E-state index contributed by atoms with van der Waals surface area (Å²) in [6.45, 7) is 0.247. The van der Waals surface area contributed by atoms with Crippen LogP contribution in [-0.2, 0) is 14.9 Å². The third-order valence-electron chi connectivity index (χ3n) is 6.03. The predicted octanol–water partition coefficient (Wildman–Crippen LogP) is 2.42. The number of rotatable bonds is 4. The van der Waals surface area contributed by atoms with Gasteiger partial charge in [-0.05, 0) is 68.6 Å². The van der Waals surface area contributed by atoms with Crippen molar-refractivity contribution in [2.24, 2.45) is 17.3 Å². The standard InChI is InChI=1S/C18H22O6S/c19-16(14-2-1-3-15(5-14)25(21,22)23)24-11-17-6-12-4-13(7-17)9-18(20,8-12)10-17/h1-3,5,12-13,20H,4,6-11H2,(H,21,22,23). The highest BCUT2D eigenvalue weighted by molar-refractivity contribution is 7.85. The van der Waals surface area contributed by atoms with E-state index >= 15 is 0 Å². The first-order chi connectivity index (χ1) is 11.7. The minimum absolute atomic E-state index is 0.0959. The van der Waals surface area contributed by atoms with Crippen molar-refractivity contribution in [3.8, 4) is 0 Å². The monoisotopic (exact) mass is 366 g/mol. The molecule has 2 atom stereocenters. The molecule has 0 spiro atoms. The second-order valence-corrected chi connectivity index (χ2v) is 9.69. The first-order valence-corrected chi connectivity index (χ1v) is 10.1. The molecular formula is C18H22O6S. The van der Waals surface area contributed by atoms with E-state index in [9.17, 15) is 18.3 Å². The van der Waals surface area contributed by atoms with Crippen molar-refractivity contribution in [1.29, 1.82) is 0 Å². The second kappa shape index (κ2) is 5.53. The molecule has 2 N–H and O–H groups in total. The fourth-order valence-corrected chi connectivity index (χ4v) is 6.18. The molecule has 5 rings (SSSR count). The average Bonchev–Trinajstić information content (AvgIpc) is 2.49. The van der Waals surface area contributed by atoms with E-state index in [1.54, 1.807) is 0 Å². The third kappa shape index (κ3) is 3.20. The Labute approximate surface area is 146 Å². The highest BCUT2D eigenvalue weighted by Gasteiger charge is 2.57. The number of benzene rings is 1. The van der Waals surface area contributed by atoms with Gasteiger partial charge in [-0.25, -0.2) is 4.79 Å². The number of hydrogen-bond donors (Lipinski definition) is 2. The predicted molar refractivity (Wildman–Crippen MR) is 88.6 cm³/mol. The van der Waals surface area contributed by atoms with Crippen LogP contribution in [0.3, 0.4) is 0 Å². The third-order valence-corrected chi connectivity index (χ3v) is 6.88. The lowest BCUT2D eigenvalue weighted by Crippen LogP contribution is -2.57. The zero-order chi connectivity index (χ0) is 17.9. The number of esters is 1. The zero-order valence-corrected chi connectivity index (χ0v) is 14.7. The lowest BCUT2D eigenvalue weighted by Gasteiger charge is -2.59. The summed E-state index contributed by atoms with van der Waals surface area (Å²) in [4.78, 5) is 12.0. The molecule has 6 nitrogen and oxygen atoms in total. The van der Waals surface area contributed by atoms with Crippen molar-refractivity contribution in [2.45, 2.75) is 49.0 Å². The van der Waals surface area contributed by atoms with Crippen LogP contribution in [0.15, 0.2) is 29.2 Å². The van der Waals surface area contributed by atoms with Crippen molar-refractivity contribution >= 4 is 16.1 Å². The molecule has 4 saturated carbocycles. The van der Waals surface area contributed by atoms with Crippen LogP contribution in [0.5, 0.6) is 0 Å². The maximum Gasteiger partial charge on any atom is 0.338 e. The van der Waals surface area contributed by atoms with Crippen LogP contribution < -0.4 is 0 Å². The summed E-state index contributed by atoms with van der Waals surface area (Å²) in [5.41, 5.74) is -0.671. The number of carbonyl (C=O) groups excluding carboxylic acids is 1. The smallest absolute Gasteiger partial charge is 0.338 e. The van der Waals surface area contributed by atoms with E-state index in [1.165, 1.54) is 18.2 Å². The molecule has 0 saturated heterocycles. The van der Waals surface area contributed by atoms with E-state index in [0.29, 0.717) is 18.3 Å². The molecule has 136 valence electrons. The van der Waals surface area contributed by atoms with Crippen LogP contribution in [0.1, 0.15) is 48.9 Å². The van der Waals surface area contributed by atoms with Gasteiger partial charge >= 0.3 is 5.97 Å². The second-order valence-electron chi connectivity index (χ2n) is 8.26. The minimum Gasteiger partial charge on any atom is -0.462 e. The highest BCUT2D eigenvalue weighted by atomic mass is 32.2. The Morgan fingerprint density at radius 2 is 1.88 bits per heavy atom. The SMILES string of the molecule is O=C(OCC12CC3CC(CC(O)(C3)C1)C2)c1cccc(S(=O)(=O)O)c1. The van der Waals surface area contributed by atoms with Gasteiger partial charge < -0.3 is 9.84 Å². The molecule has 4 fully saturated rings. The summed E-state index contributed by atoms with van der Waals surface area (Å²) < 4.78 is 37.0. The molecular weight excluding hydrogens is 344 g/mol. The minimum atomic E-state index is -4.36. The van der Waals surface area contributed by atoms with Crippen molar-refractivity contribution in [3.05, 3.63) is 29.8 Å². The summed E-state index contributed by atoms with van der Waals surface area (Å²) in [6, 6.07) is 5.20. The molecule has 1 aromatic rings. The Bertz CT molecular complexity index is 801. The molecule has 4 bridgehead atoms. The molecule has 25 heavy (non-hydrogen) atoms. The van der Waals surface area contributed by atoms with Crippen LogP contribution in [0.2, 0.25) is 0 Å². The molecule has 0 aromatic heterocycles. The van der Waals surface area contributed by atoms with Crippen molar-refractivity contribution in [3.63, 3.8) is 0 Å². The number of carbonyl (C=O) groups is 1. The van der Waals surface area contributed by atoms with E-state index in [-0.39, 0.29) is 22.5 Å². The van der Waals surface area contributed by atoms with Gasteiger partial charge in [0, 0.05) is 5.41 Å². The Morgan fingerprint density at radius 3 is 2.48 bits per heavy atom. The Kier molecular flexibility index (Phi) is 3.76. The van der Waals surface area contributed by atoms with E-state index in [2.05, 4.69) is 0 Å². The van der Waals surface area contributed by atoms with E-state index in [4.69, 9.17) is 9.29 Å². The summed E-state index contributed by atoms with van der Waals surface area (Å²) in [7, 11) is -4.36. The summed E-state index contributed by atoms with van der Waals surface area (Å²) in [5.74, 6) is 0.411. The lowest BCUT2D eigenvalue weighted by molar-refractivity contribution is -0.175. The van der Waals surface area contributed by atoms with Crippen LogP contribution in [0, 0.1) is 17.3 Å². The molecule has 4 aliphatic rings. The van der Waals surface area contributed by atoms with Gasteiger partial charge in [-0.1, -0.05) is 6.07 Å². The largest absolute Gasteiger partial charge is 0.462 e. The van der Waals surface area contributed by atoms with Crippen LogP contribution >= 0.6 is 0 Å². The van der Waals surface area contributed by atoms with Crippen LogP contribution in [0.4, 0.5) is 0 Å². The van der Waals surface area contributed by atoms with Gasteiger partial charge in [0.1, 0.15) is 0 Å². The first kappa shape index (κ1) is 17.0. The molecule has 7 heteroatoms. The Hall–Kier alpha value is -1.44. The van der Waals surface area contributed by atoms with Crippen molar-refractivity contribution in [1.82, 2.24) is 0 Å². The van der Waals surface area contributed by atoms with Gasteiger partial charge in [-0.15, -0.1) is 0 Å². The van der Waals surface area contributed by atoms with E-state index < -0.39 is 21.7 Å². The zero-order valence-electron chi connectivity index (χ0n) is 13.8. The van der Waals surface area contributed by atoms with Gasteiger partial charge in [-0.2, -0.15) is 8.42 Å². The fourth-order valence-electron chi connectivity index (χ4n) is 5.66. The number of hydrogen-bond acceptors (Lipinski definition) is 5. The van der Waals surface area contributed by atoms with Gasteiger partial charge in [0.25, 0.3) is 10.1 Å². The molecule has 0 aliphatic heterocycles. The molecule has 0 amide bonds. The normalized spacial score (nSPS) is 36.4. The van der Waals surface area contributed by atoms with E-state index in [1.807, 2.05) is 0 Å². The molecule has 0 radical (unpaired) electrons. The number of aliphatic hydroxyl groups is 1. The Morgan fingerprint density at radius 1 is 1.20 bits per heavy atom. The lowest BCUT2D eigenvalue weighted by atomic mass is 9.48. The maximum atomic E-state index is 12.3. The Balaban J connectivity index is 1.48. The fraction of sp³-hybridized carbons (Fsp3) is 0.611. The van der Waals surface area contributed by atoms with Crippen molar-refractivity contribution in [2.75, 3.05) is 6.61 Å². The average molecular weight is 366 g/mol. The van der Waals surface area contributed by atoms with Crippen LogP contribution in [0.25, 0.3) is 0 Å². The van der Waals surface area contributed by atoms with Gasteiger partial charge in [0.15, 0.2) is 0 Å². The van der Waals surface area contributed by atoms with Crippen molar-refractivity contribution < 1.29 is 27.6 Å². The summed E-state index contributed by atoms with van der Waals surface area (Å²) >= 11 is 0. The van der Waals surface area contributed by atoms with Gasteiger partial charge in [0.05, 0.1) is 22.7 Å². The van der Waals surface area contributed by atoms with Crippen LogP contribution in [-0.4, -0.2) is 36.3 Å². The number of ether oxygens (including phenoxy) is 1. The van der Waals surface area contributed by atoms with Gasteiger partial charge in [0.2, 0.25) is 0 Å². The molecule has 0 heterocycles. The first-order valence-electron chi connectivity index (χ1n) is 8.64. The summed E-state index contributed by atoms with van der Waals surface area (Å²) in [5, 5.41) is 10.7. The molecule has 2 unspecified atom stereocenters. The van der Waals surface area contributed by atoms with Gasteiger partial charge in [-0.3, -0.25) is 4.55 Å². The topological polar surface area (TPSA) is 101 Å². The van der Waals surface area contributed by atoms with E-state index in [0.717, 1.165) is 38.2 Å². The maximum absolute atomic E-state index is 12.3. The highest BCUT2D eigenvalue weighted by Crippen LogP contribution is 2.61. The molecule has 1 aromatic carbocycles. The quantitative estimate of drug-likeness (QED) is 0.627. The molecule has 4 aliphatic carbocycles. The summed E-state index contributed by atoms with van der Waals surface area (Å²) in [6.07, 6.45) is 5.50.